The molecule has 0 unspecified atom stereocenters. The zero-order valence-electron chi connectivity index (χ0n) is 17.8. The van der Waals surface area contributed by atoms with Crippen LogP contribution >= 0.6 is 11.7 Å². The lowest BCUT2D eigenvalue weighted by Crippen LogP contribution is -1.97. The second kappa shape index (κ2) is 8.45. The van der Waals surface area contributed by atoms with Crippen LogP contribution in [0.2, 0.25) is 0 Å². The van der Waals surface area contributed by atoms with Crippen LogP contribution < -0.4 is 0 Å². The van der Waals surface area contributed by atoms with Crippen LogP contribution in [0.25, 0.3) is 55.5 Å². The van der Waals surface area contributed by atoms with Gasteiger partial charge in [0.25, 0.3) is 0 Å². The van der Waals surface area contributed by atoms with E-state index in [0.29, 0.717) is 0 Å². The Balaban J connectivity index is 1.87. The first-order chi connectivity index (χ1) is 16.4. The van der Waals surface area contributed by atoms with Crippen molar-refractivity contribution in [2.24, 2.45) is 0 Å². The Morgan fingerprint density at radius 3 is 0.909 bits per heavy atom. The summed E-state index contributed by atoms with van der Waals surface area (Å²) in [5.74, 6) is 0. The van der Waals surface area contributed by atoms with Gasteiger partial charge in [0.05, 0.1) is 11.7 Å². The summed E-state index contributed by atoms with van der Waals surface area (Å²) in [5.41, 5.74) is 11.2. The van der Waals surface area contributed by atoms with Gasteiger partial charge in [0.15, 0.2) is 0 Å². The first kappa shape index (κ1) is 19.6. The molecule has 0 saturated carbocycles. The second-order valence-corrected chi connectivity index (χ2v) is 8.45. The minimum Gasteiger partial charge on any atom is -0.172 e. The maximum Gasteiger partial charge on any atom is 0.113 e. The fourth-order valence-electron chi connectivity index (χ4n) is 4.56. The Bertz CT molecular complexity index is 1410. The molecule has 0 fully saturated rings. The van der Waals surface area contributed by atoms with E-state index in [1.165, 1.54) is 34.0 Å². The van der Waals surface area contributed by atoms with Gasteiger partial charge in [-0.15, -0.1) is 0 Å². The highest BCUT2D eigenvalue weighted by Crippen LogP contribution is 2.49. The van der Waals surface area contributed by atoms with Gasteiger partial charge in [-0.2, -0.15) is 8.75 Å². The van der Waals surface area contributed by atoms with E-state index in [4.69, 9.17) is 8.75 Å². The minimum absolute atomic E-state index is 0.948. The van der Waals surface area contributed by atoms with E-state index in [1.54, 1.807) is 0 Å². The average molecular weight is 441 g/mol. The van der Waals surface area contributed by atoms with E-state index in [9.17, 15) is 0 Å². The van der Waals surface area contributed by atoms with Gasteiger partial charge in [-0.25, -0.2) is 0 Å². The van der Waals surface area contributed by atoms with Gasteiger partial charge in [0, 0.05) is 22.3 Å². The fraction of sp³-hybridized carbons (Fsp3) is 0. The predicted octanol–water partition coefficient (Wildman–Crippen LogP) is 8.36. The summed E-state index contributed by atoms with van der Waals surface area (Å²) in [6.45, 7) is 0. The molecule has 0 aliphatic heterocycles. The SMILES string of the molecule is c1ccc(-c2c(-c3ccccc3)c(-c3ccccc3)c3nsnc3c2-c2ccccc2)cc1. The van der Waals surface area contributed by atoms with Gasteiger partial charge in [-0.05, 0) is 22.3 Å². The summed E-state index contributed by atoms with van der Waals surface area (Å²) in [7, 11) is 0. The zero-order valence-corrected chi connectivity index (χ0v) is 18.7. The van der Waals surface area contributed by atoms with E-state index in [-0.39, 0.29) is 0 Å². The Hall–Kier alpha value is -4.08. The van der Waals surface area contributed by atoms with Crippen LogP contribution in [0.3, 0.4) is 0 Å². The van der Waals surface area contributed by atoms with Gasteiger partial charge in [0.2, 0.25) is 0 Å². The maximum atomic E-state index is 4.83. The summed E-state index contributed by atoms with van der Waals surface area (Å²) in [5, 5.41) is 0. The van der Waals surface area contributed by atoms with Gasteiger partial charge in [-0.1, -0.05) is 121 Å². The fourth-order valence-corrected chi connectivity index (χ4v) is 5.12. The number of hydrogen-bond donors (Lipinski definition) is 0. The highest BCUT2D eigenvalue weighted by atomic mass is 32.1. The van der Waals surface area contributed by atoms with Crippen LogP contribution in [0.1, 0.15) is 0 Å². The summed E-state index contributed by atoms with van der Waals surface area (Å²) >= 11 is 1.28. The molecule has 6 aromatic rings. The molecule has 0 atom stereocenters. The van der Waals surface area contributed by atoms with Crippen molar-refractivity contribution in [1.82, 2.24) is 8.75 Å². The number of aromatic nitrogens is 2. The molecule has 5 aromatic carbocycles. The van der Waals surface area contributed by atoms with Crippen LogP contribution in [0.5, 0.6) is 0 Å². The molecule has 0 amide bonds. The quantitative estimate of drug-likeness (QED) is 0.275. The zero-order chi connectivity index (χ0) is 22.0. The van der Waals surface area contributed by atoms with Gasteiger partial charge in [-0.3, -0.25) is 0 Å². The van der Waals surface area contributed by atoms with Crippen molar-refractivity contribution in [3.05, 3.63) is 121 Å². The predicted molar refractivity (Wildman–Crippen MR) is 139 cm³/mol. The van der Waals surface area contributed by atoms with E-state index in [1.807, 2.05) is 0 Å². The Morgan fingerprint density at radius 2 is 0.606 bits per heavy atom. The highest BCUT2D eigenvalue weighted by Gasteiger charge is 2.25. The average Bonchev–Trinajstić information content (AvgIpc) is 3.39. The third-order valence-electron chi connectivity index (χ3n) is 5.96. The van der Waals surface area contributed by atoms with E-state index < -0.39 is 0 Å². The molecule has 156 valence electrons. The van der Waals surface area contributed by atoms with Crippen molar-refractivity contribution in [2.45, 2.75) is 0 Å². The summed E-state index contributed by atoms with van der Waals surface area (Å²) in [6.07, 6.45) is 0. The lowest BCUT2D eigenvalue weighted by molar-refractivity contribution is 1.54. The minimum atomic E-state index is 0.948. The van der Waals surface area contributed by atoms with Crippen molar-refractivity contribution in [1.29, 1.82) is 0 Å². The lowest BCUT2D eigenvalue weighted by atomic mass is 9.81. The second-order valence-electron chi connectivity index (χ2n) is 7.93. The molecule has 0 bridgehead atoms. The molecule has 3 heteroatoms. The molecule has 0 aliphatic carbocycles. The molecule has 1 heterocycles. The van der Waals surface area contributed by atoms with Crippen LogP contribution in [0.15, 0.2) is 121 Å². The van der Waals surface area contributed by atoms with E-state index in [2.05, 4.69) is 121 Å². The number of fused-ring (bicyclic) bond motifs is 1. The lowest BCUT2D eigenvalue weighted by Gasteiger charge is -2.21. The molecule has 0 saturated heterocycles. The van der Waals surface area contributed by atoms with Crippen LogP contribution in [0.4, 0.5) is 0 Å². The third-order valence-corrected chi connectivity index (χ3v) is 6.49. The van der Waals surface area contributed by atoms with Crippen molar-refractivity contribution < 1.29 is 0 Å². The number of benzene rings is 5. The molecule has 0 N–H and O–H groups in total. The molecule has 6 rings (SSSR count). The van der Waals surface area contributed by atoms with Gasteiger partial charge in [0.1, 0.15) is 11.0 Å². The van der Waals surface area contributed by atoms with Crippen molar-refractivity contribution >= 4 is 22.8 Å². The van der Waals surface area contributed by atoms with Gasteiger partial charge < -0.3 is 0 Å². The normalized spacial score (nSPS) is 11.0. The molecule has 1 aromatic heterocycles. The summed E-state index contributed by atoms with van der Waals surface area (Å²) in [6, 6.07) is 42.4. The standard InChI is InChI=1S/C30H20N2S/c1-5-13-21(14-6-1)25-26(22-15-7-2-8-16-22)28(24-19-11-4-12-20-24)30-29(31-33-32-30)27(25)23-17-9-3-10-18-23/h1-20H. The van der Waals surface area contributed by atoms with E-state index in [0.717, 1.165) is 33.3 Å². The summed E-state index contributed by atoms with van der Waals surface area (Å²) < 4.78 is 9.67. The number of rotatable bonds is 4. The van der Waals surface area contributed by atoms with Crippen LogP contribution in [0, 0.1) is 0 Å². The van der Waals surface area contributed by atoms with Crippen molar-refractivity contribution in [3.63, 3.8) is 0 Å². The number of nitrogens with zero attached hydrogens (tertiary/aromatic N) is 2. The van der Waals surface area contributed by atoms with Crippen LogP contribution in [-0.4, -0.2) is 8.75 Å². The Kier molecular flexibility index (Phi) is 5.02. The smallest absolute Gasteiger partial charge is 0.113 e. The molecule has 0 spiro atoms. The first-order valence-corrected chi connectivity index (χ1v) is 11.7. The molecule has 0 aliphatic rings. The van der Waals surface area contributed by atoms with Crippen molar-refractivity contribution in [2.75, 3.05) is 0 Å². The van der Waals surface area contributed by atoms with Crippen molar-refractivity contribution in [3.8, 4) is 44.5 Å². The highest BCUT2D eigenvalue weighted by molar-refractivity contribution is 7.00. The monoisotopic (exact) mass is 440 g/mol. The largest absolute Gasteiger partial charge is 0.172 e. The summed E-state index contributed by atoms with van der Waals surface area (Å²) in [4.78, 5) is 0. The van der Waals surface area contributed by atoms with E-state index >= 15 is 0 Å². The van der Waals surface area contributed by atoms with Crippen LogP contribution in [-0.2, 0) is 0 Å². The maximum absolute atomic E-state index is 4.83. The Labute approximate surface area is 197 Å². The molecular weight excluding hydrogens is 420 g/mol. The first-order valence-electron chi connectivity index (χ1n) is 11.0. The Morgan fingerprint density at radius 1 is 0.333 bits per heavy atom. The molecule has 0 radical (unpaired) electrons. The van der Waals surface area contributed by atoms with Gasteiger partial charge >= 0.3 is 0 Å². The molecule has 33 heavy (non-hydrogen) atoms. The third kappa shape index (κ3) is 3.43. The number of hydrogen-bond acceptors (Lipinski definition) is 3. The molecular formula is C30H20N2S. The topological polar surface area (TPSA) is 25.8 Å². The molecule has 2 nitrogen and oxygen atoms in total.